The molecule has 0 N–H and O–H groups in total. The summed E-state index contributed by atoms with van der Waals surface area (Å²) in [5.41, 5.74) is 0.926. The van der Waals surface area contributed by atoms with E-state index in [2.05, 4.69) is 0 Å². The van der Waals surface area contributed by atoms with Crippen molar-refractivity contribution >= 4 is 6.29 Å². The van der Waals surface area contributed by atoms with E-state index >= 15 is 0 Å². The third kappa shape index (κ3) is 3.35. The molecule has 0 spiro atoms. The minimum atomic E-state index is -0.619. The Kier molecular flexibility index (Phi) is 4.71. The maximum Gasteiger partial charge on any atom is 0.164 e. The zero-order chi connectivity index (χ0) is 14.4. The standard InChI is InChI=1S/C16H15FO3/c1-2-19-15-8-13(10-18)14(17)9-16(15)20-11-12-6-4-3-5-7-12/h3-10H,2,11H2,1H3. The van der Waals surface area contributed by atoms with Crippen LogP contribution in [0.3, 0.4) is 0 Å². The second-order valence-corrected chi connectivity index (χ2v) is 4.15. The van der Waals surface area contributed by atoms with Gasteiger partial charge >= 0.3 is 0 Å². The van der Waals surface area contributed by atoms with E-state index in [9.17, 15) is 9.18 Å². The third-order valence-corrected chi connectivity index (χ3v) is 2.73. The van der Waals surface area contributed by atoms with Crippen LogP contribution in [0.15, 0.2) is 42.5 Å². The van der Waals surface area contributed by atoms with Crippen molar-refractivity contribution in [1.82, 2.24) is 0 Å². The zero-order valence-corrected chi connectivity index (χ0v) is 11.1. The number of aldehydes is 1. The van der Waals surface area contributed by atoms with Gasteiger partial charge in [0.25, 0.3) is 0 Å². The predicted octanol–water partition coefficient (Wildman–Crippen LogP) is 3.62. The number of ether oxygens (including phenoxy) is 2. The van der Waals surface area contributed by atoms with Crippen molar-refractivity contribution in [2.75, 3.05) is 6.61 Å². The molecular weight excluding hydrogens is 259 g/mol. The lowest BCUT2D eigenvalue weighted by atomic mass is 10.2. The van der Waals surface area contributed by atoms with E-state index in [-0.39, 0.29) is 5.56 Å². The van der Waals surface area contributed by atoms with E-state index in [0.29, 0.717) is 31.0 Å². The summed E-state index contributed by atoms with van der Waals surface area (Å²) in [5, 5.41) is 0. The second-order valence-electron chi connectivity index (χ2n) is 4.15. The van der Waals surface area contributed by atoms with E-state index in [1.54, 1.807) is 0 Å². The molecule has 3 nitrogen and oxygen atoms in total. The molecule has 0 heterocycles. The summed E-state index contributed by atoms with van der Waals surface area (Å²) in [7, 11) is 0. The lowest BCUT2D eigenvalue weighted by molar-refractivity contribution is 0.111. The van der Waals surface area contributed by atoms with Gasteiger partial charge in [0.15, 0.2) is 17.8 Å². The van der Waals surface area contributed by atoms with Crippen molar-refractivity contribution in [3.05, 3.63) is 59.4 Å². The third-order valence-electron chi connectivity index (χ3n) is 2.73. The molecule has 0 aromatic heterocycles. The fourth-order valence-electron chi connectivity index (χ4n) is 1.76. The largest absolute Gasteiger partial charge is 0.490 e. The summed E-state index contributed by atoms with van der Waals surface area (Å²) in [5.74, 6) is 0.0391. The zero-order valence-electron chi connectivity index (χ0n) is 11.1. The van der Waals surface area contributed by atoms with Gasteiger partial charge in [-0.15, -0.1) is 0 Å². The van der Waals surface area contributed by atoms with Crippen molar-refractivity contribution in [3.63, 3.8) is 0 Å². The van der Waals surface area contributed by atoms with Crippen LogP contribution in [-0.4, -0.2) is 12.9 Å². The fraction of sp³-hybridized carbons (Fsp3) is 0.188. The number of benzene rings is 2. The van der Waals surface area contributed by atoms with Crippen LogP contribution in [-0.2, 0) is 6.61 Å². The highest BCUT2D eigenvalue weighted by atomic mass is 19.1. The van der Waals surface area contributed by atoms with E-state index in [1.165, 1.54) is 12.1 Å². The molecule has 0 aliphatic carbocycles. The topological polar surface area (TPSA) is 35.5 Å². The van der Waals surface area contributed by atoms with Gasteiger partial charge in [0.05, 0.1) is 12.2 Å². The average Bonchev–Trinajstić information content (AvgIpc) is 2.48. The van der Waals surface area contributed by atoms with Gasteiger partial charge in [0.1, 0.15) is 12.4 Å². The molecule has 0 unspecified atom stereocenters. The number of carbonyl (C=O) groups is 1. The van der Waals surface area contributed by atoms with Crippen molar-refractivity contribution in [1.29, 1.82) is 0 Å². The lowest BCUT2D eigenvalue weighted by Crippen LogP contribution is -2.02. The Morgan fingerprint density at radius 2 is 1.80 bits per heavy atom. The number of hydrogen-bond acceptors (Lipinski definition) is 3. The molecule has 0 atom stereocenters. The molecule has 0 fully saturated rings. The van der Waals surface area contributed by atoms with E-state index in [4.69, 9.17) is 9.47 Å². The van der Waals surface area contributed by atoms with Gasteiger partial charge < -0.3 is 9.47 Å². The van der Waals surface area contributed by atoms with E-state index in [1.807, 2.05) is 37.3 Å². The molecule has 0 saturated heterocycles. The molecule has 20 heavy (non-hydrogen) atoms. The highest BCUT2D eigenvalue weighted by molar-refractivity contribution is 5.77. The van der Waals surface area contributed by atoms with Gasteiger partial charge in [-0.25, -0.2) is 4.39 Å². The van der Waals surface area contributed by atoms with Gasteiger partial charge in [0.2, 0.25) is 0 Å². The first-order valence-electron chi connectivity index (χ1n) is 6.33. The van der Waals surface area contributed by atoms with Crippen LogP contribution < -0.4 is 9.47 Å². The summed E-state index contributed by atoms with van der Waals surface area (Å²) >= 11 is 0. The number of rotatable bonds is 6. The van der Waals surface area contributed by atoms with E-state index < -0.39 is 5.82 Å². The SMILES string of the molecule is CCOc1cc(C=O)c(F)cc1OCc1ccccc1. The Balaban J connectivity index is 2.21. The summed E-state index contributed by atoms with van der Waals surface area (Å²) < 4.78 is 24.6. The molecule has 0 radical (unpaired) electrons. The molecule has 104 valence electrons. The first kappa shape index (κ1) is 14.1. The van der Waals surface area contributed by atoms with Gasteiger partial charge in [-0.1, -0.05) is 30.3 Å². The van der Waals surface area contributed by atoms with Crippen molar-refractivity contribution in [2.45, 2.75) is 13.5 Å². The number of carbonyl (C=O) groups excluding carboxylic acids is 1. The van der Waals surface area contributed by atoms with Crippen molar-refractivity contribution < 1.29 is 18.7 Å². The Bertz CT molecular complexity index is 582. The van der Waals surface area contributed by atoms with Crippen LogP contribution in [0.5, 0.6) is 11.5 Å². The van der Waals surface area contributed by atoms with Crippen molar-refractivity contribution in [2.24, 2.45) is 0 Å². The highest BCUT2D eigenvalue weighted by Gasteiger charge is 2.12. The van der Waals surface area contributed by atoms with Gasteiger partial charge in [-0.3, -0.25) is 4.79 Å². The van der Waals surface area contributed by atoms with Gasteiger partial charge in [-0.2, -0.15) is 0 Å². The maximum absolute atomic E-state index is 13.6. The predicted molar refractivity (Wildman–Crippen MR) is 73.7 cm³/mol. The van der Waals surface area contributed by atoms with Gasteiger partial charge in [-0.05, 0) is 18.6 Å². The lowest BCUT2D eigenvalue weighted by Gasteiger charge is -2.13. The quantitative estimate of drug-likeness (QED) is 0.755. The molecule has 0 aliphatic rings. The Morgan fingerprint density at radius 1 is 1.10 bits per heavy atom. The fourth-order valence-corrected chi connectivity index (χ4v) is 1.76. The smallest absolute Gasteiger partial charge is 0.164 e. The van der Waals surface area contributed by atoms with Crippen LogP contribution in [0, 0.1) is 5.82 Å². The molecule has 2 aromatic rings. The van der Waals surface area contributed by atoms with Crippen LogP contribution in [0.4, 0.5) is 4.39 Å². The minimum absolute atomic E-state index is 0.0412. The van der Waals surface area contributed by atoms with Crippen LogP contribution in [0.25, 0.3) is 0 Å². The van der Waals surface area contributed by atoms with Crippen LogP contribution in [0.2, 0.25) is 0 Å². The average molecular weight is 274 g/mol. The maximum atomic E-state index is 13.6. The normalized spacial score (nSPS) is 10.1. The van der Waals surface area contributed by atoms with Crippen LogP contribution >= 0.6 is 0 Å². The minimum Gasteiger partial charge on any atom is -0.490 e. The van der Waals surface area contributed by atoms with Crippen LogP contribution in [0.1, 0.15) is 22.8 Å². The van der Waals surface area contributed by atoms with E-state index in [0.717, 1.165) is 5.56 Å². The van der Waals surface area contributed by atoms with Gasteiger partial charge in [0, 0.05) is 6.07 Å². The second kappa shape index (κ2) is 6.70. The molecule has 2 aromatic carbocycles. The summed E-state index contributed by atoms with van der Waals surface area (Å²) in [6.07, 6.45) is 0.457. The van der Waals surface area contributed by atoms with Crippen molar-refractivity contribution in [3.8, 4) is 11.5 Å². The first-order chi connectivity index (χ1) is 9.74. The Morgan fingerprint density at radius 3 is 2.45 bits per heavy atom. The summed E-state index contributed by atoms with van der Waals surface area (Å²) in [4.78, 5) is 10.7. The monoisotopic (exact) mass is 274 g/mol. The molecule has 0 amide bonds. The summed E-state index contributed by atoms with van der Waals surface area (Å²) in [6, 6.07) is 12.1. The number of halogens is 1. The molecule has 0 bridgehead atoms. The molecule has 0 saturated carbocycles. The summed E-state index contributed by atoms with van der Waals surface area (Å²) in [6.45, 7) is 2.53. The molecular formula is C16H15FO3. The first-order valence-corrected chi connectivity index (χ1v) is 6.33. The molecule has 0 aliphatic heterocycles. The Labute approximate surface area is 117 Å². The molecule has 4 heteroatoms. The highest BCUT2D eigenvalue weighted by Crippen LogP contribution is 2.30. The molecule has 2 rings (SSSR count). The Hall–Kier alpha value is -2.36. The number of hydrogen-bond donors (Lipinski definition) is 0.